The highest BCUT2D eigenvalue weighted by Gasteiger charge is 2.02. The lowest BCUT2D eigenvalue weighted by molar-refractivity contribution is -0.120. The molecule has 0 bridgehead atoms. The molecule has 0 fully saturated rings. The molecular weight excluding hydrogens is 250 g/mol. The van der Waals surface area contributed by atoms with Crippen LogP contribution in [0.4, 0.5) is 0 Å². The van der Waals surface area contributed by atoms with Gasteiger partial charge in [0.1, 0.15) is 0 Å². The molecule has 0 unspecified atom stereocenters. The van der Waals surface area contributed by atoms with E-state index in [1.165, 1.54) is 5.75 Å². The molecule has 17 heavy (non-hydrogen) atoms. The smallest absolute Gasteiger partial charge is 0.224 e. The molecule has 0 spiro atoms. The van der Waals surface area contributed by atoms with Crippen LogP contribution < -0.4 is 5.32 Å². The summed E-state index contributed by atoms with van der Waals surface area (Å²) in [4.78, 5) is 12.5. The van der Waals surface area contributed by atoms with Crippen molar-refractivity contribution >= 4 is 30.3 Å². The van der Waals surface area contributed by atoms with Crippen LogP contribution in [-0.2, 0) is 11.2 Å². The lowest BCUT2D eigenvalue weighted by atomic mass is 10.1. The van der Waals surface area contributed by atoms with Gasteiger partial charge in [-0.1, -0.05) is 12.1 Å². The minimum Gasteiger partial charge on any atom is -0.356 e. The minimum atomic E-state index is 0.0982. The Morgan fingerprint density at radius 2 is 2.00 bits per heavy atom. The van der Waals surface area contributed by atoms with E-state index in [0.717, 1.165) is 29.8 Å². The summed E-state index contributed by atoms with van der Waals surface area (Å²) in [6.45, 7) is 0.782. The predicted molar refractivity (Wildman–Crippen MR) is 78.0 cm³/mol. The summed E-state index contributed by atoms with van der Waals surface area (Å²) in [7, 11) is 0. The molecule has 2 nitrogen and oxygen atoms in total. The van der Waals surface area contributed by atoms with Gasteiger partial charge < -0.3 is 5.32 Å². The van der Waals surface area contributed by atoms with E-state index in [1.54, 1.807) is 0 Å². The molecule has 94 valence electrons. The number of benzene rings is 1. The second-order valence-electron chi connectivity index (χ2n) is 3.89. The summed E-state index contributed by atoms with van der Waals surface area (Å²) in [6.07, 6.45) is 4.78. The van der Waals surface area contributed by atoms with Crippen molar-refractivity contribution in [1.29, 1.82) is 0 Å². The maximum absolute atomic E-state index is 11.6. The first-order chi connectivity index (χ1) is 8.22. The van der Waals surface area contributed by atoms with Gasteiger partial charge in [-0.25, -0.2) is 0 Å². The van der Waals surface area contributed by atoms with Crippen LogP contribution in [0.15, 0.2) is 29.2 Å². The van der Waals surface area contributed by atoms with Crippen LogP contribution in [0.1, 0.15) is 18.4 Å². The largest absolute Gasteiger partial charge is 0.356 e. The zero-order valence-electron chi connectivity index (χ0n) is 10.1. The second-order valence-corrected chi connectivity index (χ2v) is 5.40. The predicted octanol–water partition coefficient (Wildman–Crippen LogP) is 2.78. The van der Waals surface area contributed by atoms with E-state index in [-0.39, 0.29) is 5.91 Å². The average Bonchev–Trinajstić information content (AvgIpc) is 2.32. The third kappa shape index (κ3) is 6.64. The van der Waals surface area contributed by atoms with Crippen LogP contribution >= 0.6 is 24.4 Å². The van der Waals surface area contributed by atoms with Crippen molar-refractivity contribution in [3.63, 3.8) is 0 Å². The fourth-order valence-corrected chi connectivity index (χ4v) is 2.10. The Balaban J connectivity index is 2.18. The van der Waals surface area contributed by atoms with Gasteiger partial charge in [-0.3, -0.25) is 4.79 Å². The molecule has 0 aliphatic heterocycles. The summed E-state index contributed by atoms with van der Waals surface area (Å²) in [6, 6.07) is 7.69. The highest BCUT2D eigenvalue weighted by Crippen LogP contribution is 2.08. The first kappa shape index (κ1) is 14.5. The van der Waals surface area contributed by atoms with Gasteiger partial charge in [0.05, 0.1) is 6.42 Å². The van der Waals surface area contributed by atoms with Crippen LogP contribution in [0.3, 0.4) is 0 Å². The standard InChI is InChI=1S/C13H19NOS2/c1-17-9-3-2-8-14-13(15)10-11-4-6-12(16)7-5-11/h4-7,16H,2-3,8-10H2,1H3,(H,14,15). The molecule has 0 saturated heterocycles. The number of carbonyl (C=O) groups excluding carboxylic acids is 1. The molecule has 0 heterocycles. The fraction of sp³-hybridized carbons (Fsp3) is 0.462. The number of thioether (sulfide) groups is 1. The Morgan fingerprint density at radius 1 is 1.29 bits per heavy atom. The van der Waals surface area contributed by atoms with E-state index < -0.39 is 0 Å². The van der Waals surface area contributed by atoms with Gasteiger partial charge in [0.25, 0.3) is 0 Å². The van der Waals surface area contributed by atoms with Gasteiger partial charge in [-0.05, 0) is 42.5 Å². The van der Waals surface area contributed by atoms with Crippen LogP contribution in [0.25, 0.3) is 0 Å². The summed E-state index contributed by atoms with van der Waals surface area (Å²) < 4.78 is 0. The number of hydrogen-bond acceptors (Lipinski definition) is 3. The number of unbranched alkanes of at least 4 members (excludes halogenated alkanes) is 1. The number of thiol groups is 1. The SMILES string of the molecule is CSCCCCNC(=O)Cc1ccc(S)cc1. The molecule has 4 heteroatoms. The molecule has 0 aromatic heterocycles. The van der Waals surface area contributed by atoms with Crippen molar-refractivity contribution < 1.29 is 4.79 Å². The minimum absolute atomic E-state index is 0.0982. The highest BCUT2D eigenvalue weighted by atomic mass is 32.2. The summed E-state index contributed by atoms with van der Waals surface area (Å²) in [5.41, 5.74) is 1.03. The fourth-order valence-electron chi connectivity index (χ4n) is 1.46. The number of amides is 1. The lowest BCUT2D eigenvalue weighted by Crippen LogP contribution is -2.26. The normalized spacial score (nSPS) is 10.2. The maximum Gasteiger partial charge on any atom is 0.224 e. The van der Waals surface area contributed by atoms with Crippen molar-refractivity contribution in [2.75, 3.05) is 18.6 Å². The third-order valence-corrected chi connectivity index (χ3v) is 3.39. The molecule has 0 atom stereocenters. The van der Waals surface area contributed by atoms with Gasteiger partial charge in [0.15, 0.2) is 0 Å². The van der Waals surface area contributed by atoms with E-state index in [9.17, 15) is 4.79 Å². The molecule has 1 rings (SSSR count). The van der Waals surface area contributed by atoms with Crippen molar-refractivity contribution in [1.82, 2.24) is 5.32 Å². The molecule has 1 aromatic carbocycles. The summed E-state index contributed by atoms with van der Waals surface area (Å²) in [5, 5.41) is 2.94. The molecular formula is C13H19NOS2. The summed E-state index contributed by atoms with van der Waals surface area (Å²) >= 11 is 6.05. The zero-order valence-corrected chi connectivity index (χ0v) is 11.8. The third-order valence-electron chi connectivity index (χ3n) is 2.40. The van der Waals surface area contributed by atoms with Gasteiger partial charge in [-0.15, -0.1) is 12.6 Å². The topological polar surface area (TPSA) is 29.1 Å². The molecule has 1 aromatic rings. The quantitative estimate of drug-likeness (QED) is 0.589. The molecule has 0 saturated carbocycles. The van der Waals surface area contributed by atoms with Gasteiger partial charge in [0.2, 0.25) is 5.91 Å². The van der Waals surface area contributed by atoms with Crippen molar-refractivity contribution in [2.24, 2.45) is 0 Å². The van der Waals surface area contributed by atoms with Gasteiger partial charge in [-0.2, -0.15) is 11.8 Å². The Kier molecular flexibility index (Phi) is 7.21. The van der Waals surface area contributed by atoms with Gasteiger partial charge in [0, 0.05) is 11.4 Å². The Hall–Kier alpha value is -0.610. The van der Waals surface area contributed by atoms with E-state index in [0.29, 0.717) is 6.42 Å². The van der Waals surface area contributed by atoms with Crippen LogP contribution in [0.5, 0.6) is 0 Å². The summed E-state index contributed by atoms with van der Waals surface area (Å²) in [5.74, 6) is 1.26. The molecule has 0 aliphatic carbocycles. The Morgan fingerprint density at radius 3 is 2.65 bits per heavy atom. The lowest BCUT2D eigenvalue weighted by Gasteiger charge is -2.05. The van der Waals surface area contributed by atoms with E-state index in [4.69, 9.17) is 0 Å². The first-order valence-corrected chi connectivity index (χ1v) is 7.60. The number of nitrogens with one attached hydrogen (secondary N) is 1. The Bertz CT molecular complexity index is 338. The molecule has 1 amide bonds. The number of hydrogen-bond donors (Lipinski definition) is 2. The van der Waals surface area contributed by atoms with E-state index in [1.807, 2.05) is 36.0 Å². The monoisotopic (exact) mass is 269 g/mol. The average molecular weight is 269 g/mol. The van der Waals surface area contributed by atoms with Gasteiger partial charge >= 0.3 is 0 Å². The highest BCUT2D eigenvalue weighted by molar-refractivity contribution is 7.98. The van der Waals surface area contributed by atoms with Crippen LogP contribution in [0, 0.1) is 0 Å². The van der Waals surface area contributed by atoms with E-state index in [2.05, 4.69) is 24.2 Å². The van der Waals surface area contributed by atoms with Crippen molar-refractivity contribution in [2.45, 2.75) is 24.2 Å². The van der Waals surface area contributed by atoms with Crippen molar-refractivity contribution in [3.05, 3.63) is 29.8 Å². The van der Waals surface area contributed by atoms with E-state index >= 15 is 0 Å². The number of carbonyl (C=O) groups is 1. The molecule has 0 radical (unpaired) electrons. The molecule has 1 N–H and O–H groups in total. The van der Waals surface area contributed by atoms with Crippen LogP contribution in [0.2, 0.25) is 0 Å². The Labute approximate surface area is 113 Å². The second kappa shape index (κ2) is 8.48. The van der Waals surface area contributed by atoms with Crippen molar-refractivity contribution in [3.8, 4) is 0 Å². The first-order valence-electron chi connectivity index (χ1n) is 5.76. The van der Waals surface area contributed by atoms with Crippen LogP contribution in [-0.4, -0.2) is 24.5 Å². The number of rotatable bonds is 7. The maximum atomic E-state index is 11.6. The molecule has 0 aliphatic rings. The zero-order chi connectivity index (χ0) is 12.5.